The molecule has 3 nitrogen and oxygen atoms in total. The summed E-state index contributed by atoms with van der Waals surface area (Å²) in [6.07, 6.45) is 7.86. The standard InChI is InChI=1S/C19H29NO2.H2/c1-6-8-15(7-2)18(21)12-20-19(22)17-11-14(5)9-10-16(17)13(3)4;/h6-8,13-14,16-17H,1-2,9-12H2,3-5H3,(H,20,22);1H/b15-8+;/t14-,16+,17-;/m1./s1. The third kappa shape index (κ3) is 4.97. The molecule has 1 aliphatic rings. The number of hydrogen-bond acceptors (Lipinski definition) is 2. The Labute approximate surface area is 136 Å². The summed E-state index contributed by atoms with van der Waals surface area (Å²) in [6.45, 7) is 13.8. The van der Waals surface area contributed by atoms with Crippen LogP contribution in [0.4, 0.5) is 0 Å². The van der Waals surface area contributed by atoms with Crippen LogP contribution < -0.4 is 5.32 Å². The van der Waals surface area contributed by atoms with Gasteiger partial charge in [0.05, 0.1) is 6.54 Å². The lowest BCUT2D eigenvalue weighted by atomic mass is 9.70. The first kappa shape index (κ1) is 18.4. The summed E-state index contributed by atoms with van der Waals surface area (Å²) in [6, 6.07) is 0. The van der Waals surface area contributed by atoms with Gasteiger partial charge in [-0.15, -0.1) is 0 Å². The molecule has 1 saturated carbocycles. The van der Waals surface area contributed by atoms with E-state index in [1.165, 1.54) is 12.5 Å². The van der Waals surface area contributed by atoms with E-state index < -0.39 is 0 Å². The molecule has 0 unspecified atom stereocenters. The maximum Gasteiger partial charge on any atom is 0.223 e. The number of nitrogens with one attached hydrogen (secondary N) is 1. The number of amides is 1. The molecular formula is C19H31NO2. The minimum Gasteiger partial charge on any atom is -0.348 e. The first-order valence-electron chi connectivity index (χ1n) is 8.16. The molecule has 3 atom stereocenters. The minimum absolute atomic E-state index is 0. The van der Waals surface area contributed by atoms with Crippen LogP contribution in [0.5, 0.6) is 0 Å². The van der Waals surface area contributed by atoms with Gasteiger partial charge in [0.25, 0.3) is 0 Å². The van der Waals surface area contributed by atoms with Crippen molar-refractivity contribution in [2.24, 2.45) is 23.7 Å². The highest BCUT2D eigenvalue weighted by molar-refractivity contribution is 6.01. The Kier molecular flexibility index (Phi) is 7.30. The van der Waals surface area contributed by atoms with Gasteiger partial charge in [0, 0.05) is 12.9 Å². The van der Waals surface area contributed by atoms with E-state index in [1.807, 2.05) is 0 Å². The summed E-state index contributed by atoms with van der Waals surface area (Å²) < 4.78 is 0. The Bertz CT molecular complexity index is 468. The fourth-order valence-corrected chi connectivity index (χ4v) is 3.31. The Morgan fingerprint density at radius 3 is 2.55 bits per heavy atom. The number of ketones is 1. The number of rotatable bonds is 7. The quantitative estimate of drug-likeness (QED) is 0.572. The van der Waals surface area contributed by atoms with Crippen molar-refractivity contribution in [3.05, 3.63) is 37.0 Å². The minimum atomic E-state index is -0.131. The summed E-state index contributed by atoms with van der Waals surface area (Å²) in [5.74, 6) is 1.38. The first-order valence-corrected chi connectivity index (χ1v) is 8.16. The molecule has 0 radical (unpaired) electrons. The second kappa shape index (κ2) is 8.72. The van der Waals surface area contributed by atoms with Gasteiger partial charge in [0.2, 0.25) is 5.91 Å². The van der Waals surface area contributed by atoms with E-state index in [2.05, 4.69) is 39.2 Å². The second-order valence-electron chi connectivity index (χ2n) is 6.64. The largest absolute Gasteiger partial charge is 0.348 e. The predicted octanol–water partition coefficient (Wildman–Crippen LogP) is 3.92. The maximum absolute atomic E-state index is 12.5. The van der Waals surface area contributed by atoms with Crippen LogP contribution in [0.15, 0.2) is 37.0 Å². The van der Waals surface area contributed by atoms with Crippen molar-refractivity contribution in [2.45, 2.75) is 40.0 Å². The molecule has 1 N–H and O–H groups in total. The molecule has 0 heterocycles. The summed E-state index contributed by atoms with van der Waals surface area (Å²) in [5.41, 5.74) is 0.479. The van der Waals surface area contributed by atoms with Crippen molar-refractivity contribution in [3.63, 3.8) is 0 Å². The number of allylic oxidation sites excluding steroid dienone is 3. The molecule has 0 aliphatic heterocycles. The van der Waals surface area contributed by atoms with Gasteiger partial charge in [-0.3, -0.25) is 9.59 Å². The molecular weight excluding hydrogens is 274 g/mol. The molecule has 3 heteroatoms. The molecule has 0 aromatic rings. The average Bonchev–Trinajstić information content (AvgIpc) is 2.49. The first-order chi connectivity index (χ1) is 10.4. The SMILES string of the molecule is C=C/C=C(\C=C)C(=O)CNC(=O)[C@@H]1C[C@H](C)CC[C@H]1C(C)C.[HH]. The van der Waals surface area contributed by atoms with Crippen LogP contribution in [0.2, 0.25) is 0 Å². The van der Waals surface area contributed by atoms with E-state index in [0.717, 1.165) is 12.8 Å². The van der Waals surface area contributed by atoms with E-state index in [1.54, 1.807) is 12.2 Å². The van der Waals surface area contributed by atoms with Crippen molar-refractivity contribution in [1.29, 1.82) is 0 Å². The van der Waals surface area contributed by atoms with Crippen LogP contribution in [0.1, 0.15) is 41.5 Å². The van der Waals surface area contributed by atoms with Gasteiger partial charge < -0.3 is 5.32 Å². The van der Waals surface area contributed by atoms with Crippen LogP contribution in [0.25, 0.3) is 0 Å². The number of carbonyl (C=O) groups is 2. The maximum atomic E-state index is 12.5. The molecule has 22 heavy (non-hydrogen) atoms. The lowest BCUT2D eigenvalue weighted by molar-refractivity contribution is -0.130. The summed E-state index contributed by atoms with van der Waals surface area (Å²) in [4.78, 5) is 24.5. The van der Waals surface area contributed by atoms with Crippen LogP contribution in [-0.2, 0) is 9.59 Å². The van der Waals surface area contributed by atoms with Crippen LogP contribution in [0, 0.1) is 23.7 Å². The highest BCUT2D eigenvalue weighted by Crippen LogP contribution is 2.38. The monoisotopic (exact) mass is 305 g/mol. The molecule has 1 aliphatic carbocycles. The van der Waals surface area contributed by atoms with E-state index in [9.17, 15) is 9.59 Å². The van der Waals surface area contributed by atoms with E-state index in [0.29, 0.717) is 23.3 Å². The fraction of sp³-hybridized carbons (Fsp3) is 0.579. The zero-order chi connectivity index (χ0) is 16.7. The summed E-state index contributed by atoms with van der Waals surface area (Å²) in [7, 11) is 0. The molecule has 0 saturated heterocycles. The van der Waals surface area contributed by atoms with Gasteiger partial charge in [-0.05, 0) is 30.6 Å². The van der Waals surface area contributed by atoms with Gasteiger partial charge >= 0.3 is 0 Å². The zero-order valence-corrected chi connectivity index (χ0v) is 14.1. The number of Topliss-reactive ketones (excluding diaryl/α,β-unsaturated/α-hetero) is 1. The number of carbonyl (C=O) groups excluding carboxylic acids is 2. The summed E-state index contributed by atoms with van der Waals surface area (Å²) in [5, 5.41) is 2.82. The zero-order valence-electron chi connectivity index (χ0n) is 14.1. The van der Waals surface area contributed by atoms with Crippen molar-refractivity contribution in [1.82, 2.24) is 5.32 Å². The highest BCUT2D eigenvalue weighted by Gasteiger charge is 2.35. The Morgan fingerprint density at radius 2 is 2.00 bits per heavy atom. The average molecular weight is 305 g/mol. The molecule has 1 fully saturated rings. The highest BCUT2D eigenvalue weighted by atomic mass is 16.2. The van der Waals surface area contributed by atoms with Crippen molar-refractivity contribution in [2.75, 3.05) is 6.54 Å². The fourth-order valence-electron chi connectivity index (χ4n) is 3.31. The van der Waals surface area contributed by atoms with Gasteiger partial charge in [-0.2, -0.15) is 0 Å². The second-order valence-corrected chi connectivity index (χ2v) is 6.64. The molecule has 0 spiro atoms. The van der Waals surface area contributed by atoms with Crippen molar-refractivity contribution >= 4 is 11.7 Å². The van der Waals surface area contributed by atoms with Gasteiger partial charge in [0.15, 0.2) is 5.78 Å². The van der Waals surface area contributed by atoms with Gasteiger partial charge in [-0.25, -0.2) is 0 Å². The van der Waals surface area contributed by atoms with Crippen LogP contribution in [0.3, 0.4) is 0 Å². The van der Waals surface area contributed by atoms with E-state index in [-0.39, 0.29) is 25.6 Å². The molecule has 0 bridgehead atoms. The van der Waals surface area contributed by atoms with Crippen LogP contribution in [-0.4, -0.2) is 18.2 Å². The topological polar surface area (TPSA) is 46.2 Å². The third-order valence-electron chi connectivity index (χ3n) is 4.62. The molecule has 1 rings (SSSR count). The Hall–Kier alpha value is -1.64. The molecule has 124 valence electrons. The summed E-state index contributed by atoms with van der Waals surface area (Å²) >= 11 is 0. The van der Waals surface area contributed by atoms with Crippen LogP contribution >= 0.6 is 0 Å². The van der Waals surface area contributed by atoms with Crippen molar-refractivity contribution in [3.8, 4) is 0 Å². The van der Waals surface area contributed by atoms with Crippen molar-refractivity contribution < 1.29 is 11.0 Å². The lowest BCUT2D eigenvalue weighted by Crippen LogP contribution is -2.42. The predicted molar refractivity (Wildman–Crippen MR) is 93.4 cm³/mol. The molecule has 1 amide bonds. The Balaban J connectivity index is 0.00000484. The molecule has 0 aromatic heterocycles. The normalized spacial score (nSPS) is 25.6. The van der Waals surface area contributed by atoms with Gasteiger partial charge in [0.1, 0.15) is 0 Å². The molecule has 0 aromatic carbocycles. The Morgan fingerprint density at radius 1 is 1.32 bits per heavy atom. The third-order valence-corrected chi connectivity index (χ3v) is 4.62. The number of hydrogen-bond donors (Lipinski definition) is 1. The van der Waals surface area contributed by atoms with E-state index >= 15 is 0 Å². The van der Waals surface area contributed by atoms with Gasteiger partial charge in [-0.1, -0.05) is 58.6 Å². The van der Waals surface area contributed by atoms with E-state index in [4.69, 9.17) is 0 Å². The smallest absolute Gasteiger partial charge is 0.223 e. The lowest BCUT2D eigenvalue weighted by Gasteiger charge is -2.36.